The third-order valence-electron chi connectivity index (χ3n) is 5.23. The lowest BCUT2D eigenvalue weighted by atomic mass is 10.1. The van der Waals surface area contributed by atoms with Crippen molar-refractivity contribution in [3.63, 3.8) is 0 Å². The number of Topliss-reactive ketones (excluding diaryl/α,β-unsaturated/α-hetero) is 1. The van der Waals surface area contributed by atoms with E-state index in [2.05, 4.69) is 10.2 Å². The number of hydrogen-bond donors (Lipinski definition) is 0. The highest BCUT2D eigenvalue weighted by Gasteiger charge is 2.22. The summed E-state index contributed by atoms with van der Waals surface area (Å²) in [5, 5.41) is 10.4. The van der Waals surface area contributed by atoms with Crippen molar-refractivity contribution in [3.8, 4) is 11.5 Å². The smallest absolute Gasteiger partial charge is 0.277 e. The van der Waals surface area contributed by atoms with Gasteiger partial charge < -0.3 is 4.42 Å². The molecule has 0 saturated carbocycles. The van der Waals surface area contributed by atoms with Crippen LogP contribution in [0.25, 0.3) is 22.2 Å². The molecule has 0 bridgehead atoms. The molecule has 0 saturated heterocycles. The number of nitrogens with zero attached hydrogens (tertiary/aromatic N) is 3. The molecule has 7 nitrogen and oxygen atoms in total. The Kier molecular flexibility index (Phi) is 6.92. The number of carbonyl (C=O) groups is 1. The fourth-order valence-corrected chi connectivity index (χ4v) is 5.62. The molecule has 9 heteroatoms. The number of ketones is 1. The van der Waals surface area contributed by atoms with Crippen molar-refractivity contribution >= 4 is 38.3 Å². The summed E-state index contributed by atoms with van der Waals surface area (Å²) in [6.07, 6.45) is 0. The Morgan fingerprint density at radius 2 is 1.70 bits per heavy atom. The Bertz CT molecular complexity index is 1400. The summed E-state index contributed by atoms with van der Waals surface area (Å²) in [5.41, 5.74) is 1.12. The maximum absolute atomic E-state index is 12.8. The van der Waals surface area contributed by atoms with Crippen LogP contribution in [-0.4, -0.2) is 47.5 Å². The standard InChI is InChI=1S/C24H23N3O4S2/c1-3-27(4-2)33(29,30)21-11-7-10-20(15-21)23-25-26-24(31-23)32-16-22(28)19-13-12-17-8-5-6-9-18(17)14-19/h5-15H,3-4,16H2,1-2H3. The molecule has 0 atom stereocenters. The predicted octanol–water partition coefficient (Wildman–Crippen LogP) is 4.90. The van der Waals surface area contributed by atoms with E-state index in [1.165, 1.54) is 10.4 Å². The average molecular weight is 482 g/mol. The van der Waals surface area contributed by atoms with Gasteiger partial charge in [-0.2, -0.15) is 4.31 Å². The summed E-state index contributed by atoms with van der Waals surface area (Å²) in [4.78, 5) is 12.8. The summed E-state index contributed by atoms with van der Waals surface area (Å²) in [6, 6.07) is 19.9. The summed E-state index contributed by atoms with van der Waals surface area (Å²) in [5.74, 6) is 0.307. The Balaban J connectivity index is 1.47. The van der Waals surface area contributed by atoms with E-state index in [1.807, 2.05) is 42.5 Å². The number of rotatable bonds is 9. The van der Waals surface area contributed by atoms with Crippen molar-refractivity contribution < 1.29 is 17.6 Å². The molecule has 0 fully saturated rings. The van der Waals surface area contributed by atoms with Crippen LogP contribution >= 0.6 is 11.8 Å². The van der Waals surface area contributed by atoms with Crippen molar-refractivity contribution in [2.24, 2.45) is 0 Å². The number of fused-ring (bicyclic) bond motifs is 1. The zero-order valence-corrected chi connectivity index (χ0v) is 19.9. The zero-order valence-electron chi connectivity index (χ0n) is 18.3. The van der Waals surface area contributed by atoms with E-state index < -0.39 is 10.0 Å². The highest BCUT2D eigenvalue weighted by molar-refractivity contribution is 7.99. The average Bonchev–Trinajstić information content (AvgIpc) is 3.32. The minimum absolute atomic E-state index is 0.0437. The first-order valence-electron chi connectivity index (χ1n) is 10.5. The van der Waals surface area contributed by atoms with Gasteiger partial charge in [-0.15, -0.1) is 10.2 Å². The van der Waals surface area contributed by atoms with Crippen LogP contribution in [0.15, 0.2) is 81.3 Å². The first kappa shape index (κ1) is 23.2. The molecule has 1 aromatic heterocycles. The molecule has 0 aliphatic rings. The number of thioether (sulfide) groups is 1. The number of sulfonamides is 1. The molecule has 0 amide bonds. The van der Waals surface area contributed by atoms with Crippen LogP contribution in [0.1, 0.15) is 24.2 Å². The van der Waals surface area contributed by atoms with Crippen molar-refractivity contribution in [2.75, 3.05) is 18.8 Å². The van der Waals surface area contributed by atoms with Crippen molar-refractivity contribution in [1.29, 1.82) is 0 Å². The third-order valence-corrected chi connectivity index (χ3v) is 8.09. The van der Waals surface area contributed by atoms with E-state index in [0.717, 1.165) is 22.5 Å². The van der Waals surface area contributed by atoms with Gasteiger partial charge in [-0.3, -0.25) is 4.79 Å². The van der Waals surface area contributed by atoms with Gasteiger partial charge in [-0.25, -0.2) is 8.42 Å². The molecule has 0 aliphatic heterocycles. The summed E-state index contributed by atoms with van der Waals surface area (Å²) < 4.78 is 32.7. The van der Waals surface area contributed by atoms with Crippen LogP contribution in [0.2, 0.25) is 0 Å². The van der Waals surface area contributed by atoms with Crippen LogP contribution in [0, 0.1) is 0 Å². The minimum Gasteiger partial charge on any atom is -0.411 e. The van der Waals surface area contributed by atoms with Gasteiger partial charge in [0.1, 0.15) is 0 Å². The summed E-state index contributed by atoms with van der Waals surface area (Å²) >= 11 is 1.15. The van der Waals surface area contributed by atoms with E-state index in [1.54, 1.807) is 32.0 Å². The molecule has 170 valence electrons. The first-order chi connectivity index (χ1) is 15.9. The van der Waals surface area contributed by atoms with E-state index >= 15 is 0 Å². The van der Waals surface area contributed by atoms with Crippen LogP contribution in [0.3, 0.4) is 0 Å². The van der Waals surface area contributed by atoms with E-state index in [-0.39, 0.29) is 27.5 Å². The SMILES string of the molecule is CCN(CC)S(=O)(=O)c1cccc(-c2nnc(SCC(=O)c3ccc4ccccc4c3)o2)c1. The molecule has 3 aromatic carbocycles. The van der Waals surface area contributed by atoms with Gasteiger partial charge >= 0.3 is 0 Å². The first-order valence-corrected chi connectivity index (χ1v) is 12.9. The van der Waals surface area contributed by atoms with Gasteiger partial charge in [0.25, 0.3) is 5.22 Å². The van der Waals surface area contributed by atoms with Gasteiger partial charge in [0.15, 0.2) is 5.78 Å². The molecule has 0 unspecified atom stereocenters. The number of benzene rings is 3. The Labute approximate surface area is 196 Å². The third kappa shape index (κ3) is 5.00. The molecule has 0 radical (unpaired) electrons. The lowest BCUT2D eigenvalue weighted by Crippen LogP contribution is -2.30. The highest BCUT2D eigenvalue weighted by Crippen LogP contribution is 2.27. The molecule has 0 N–H and O–H groups in total. The number of hydrogen-bond acceptors (Lipinski definition) is 7. The molecule has 0 aliphatic carbocycles. The number of aromatic nitrogens is 2. The van der Waals surface area contributed by atoms with Crippen molar-refractivity contribution in [2.45, 2.75) is 24.0 Å². The van der Waals surface area contributed by atoms with Crippen LogP contribution in [-0.2, 0) is 10.0 Å². The second-order valence-electron chi connectivity index (χ2n) is 7.26. The largest absolute Gasteiger partial charge is 0.411 e. The van der Waals surface area contributed by atoms with E-state index in [0.29, 0.717) is 24.2 Å². The molecule has 4 aromatic rings. The van der Waals surface area contributed by atoms with Crippen LogP contribution in [0.5, 0.6) is 0 Å². The molecule has 4 rings (SSSR count). The van der Waals surface area contributed by atoms with Gasteiger partial charge in [0, 0.05) is 24.2 Å². The van der Waals surface area contributed by atoms with Crippen LogP contribution < -0.4 is 0 Å². The Morgan fingerprint density at radius 3 is 2.45 bits per heavy atom. The Hall–Kier alpha value is -3.01. The maximum Gasteiger partial charge on any atom is 0.277 e. The minimum atomic E-state index is -3.60. The van der Waals surface area contributed by atoms with Gasteiger partial charge in [0.2, 0.25) is 15.9 Å². The predicted molar refractivity (Wildman–Crippen MR) is 129 cm³/mol. The number of carbonyl (C=O) groups excluding carboxylic acids is 1. The summed E-state index contributed by atoms with van der Waals surface area (Å²) in [6.45, 7) is 4.36. The van der Waals surface area contributed by atoms with E-state index in [4.69, 9.17) is 4.42 Å². The highest BCUT2D eigenvalue weighted by atomic mass is 32.2. The molecular formula is C24H23N3O4S2. The lowest BCUT2D eigenvalue weighted by Gasteiger charge is -2.18. The van der Waals surface area contributed by atoms with Gasteiger partial charge in [-0.1, -0.05) is 68.1 Å². The van der Waals surface area contributed by atoms with Crippen molar-refractivity contribution in [1.82, 2.24) is 14.5 Å². The lowest BCUT2D eigenvalue weighted by molar-refractivity contribution is 0.102. The topological polar surface area (TPSA) is 93.4 Å². The van der Waals surface area contributed by atoms with Crippen molar-refractivity contribution in [3.05, 3.63) is 72.3 Å². The Morgan fingerprint density at radius 1 is 0.939 bits per heavy atom. The van der Waals surface area contributed by atoms with Gasteiger partial charge in [0.05, 0.1) is 10.6 Å². The van der Waals surface area contributed by atoms with E-state index in [9.17, 15) is 13.2 Å². The van der Waals surface area contributed by atoms with Crippen LogP contribution in [0.4, 0.5) is 0 Å². The fourth-order valence-electron chi connectivity index (χ4n) is 3.46. The normalized spacial score (nSPS) is 11.8. The molecule has 33 heavy (non-hydrogen) atoms. The second kappa shape index (κ2) is 9.86. The monoisotopic (exact) mass is 481 g/mol. The molecular weight excluding hydrogens is 458 g/mol. The molecule has 1 heterocycles. The van der Waals surface area contributed by atoms with Gasteiger partial charge in [-0.05, 0) is 35.0 Å². The quantitative estimate of drug-likeness (QED) is 0.248. The summed E-state index contributed by atoms with van der Waals surface area (Å²) in [7, 11) is -3.60. The zero-order chi connectivity index (χ0) is 23.4. The fraction of sp³-hybridized carbons (Fsp3) is 0.208. The molecule has 0 spiro atoms. The second-order valence-corrected chi connectivity index (χ2v) is 10.1. The maximum atomic E-state index is 12.8.